The van der Waals surface area contributed by atoms with Gasteiger partial charge in [0, 0.05) is 5.56 Å². The maximum atomic E-state index is 10.8. The summed E-state index contributed by atoms with van der Waals surface area (Å²) in [4.78, 5) is 18.6. The fraction of sp³-hybridized carbons (Fsp3) is 0.333. The molecule has 0 aromatic carbocycles. The molecule has 0 fully saturated rings. The van der Waals surface area contributed by atoms with E-state index in [1.807, 2.05) is 13.8 Å². The molecule has 0 bridgehead atoms. The summed E-state index contributed by atoms with van der Waals surface area (Å²) < 4.78 is 6.00. The summed E-state index contributed by atoms with van der Waals surface area (Å²) in [5, 5.41) is 13.8. The van der Waals surface area contributed by atoms with E-state index in [1.54, 1.807) is 6.92 Å². The number of pyridine rings is 1. The second-order valence-electron chi connectivity index (χ2n) is 4.29. The number of rotatable bonds is 4. The highest BCUT2D eigenvalue weighted by molar-refractivity contribution is 9.10. The van der Waals surface area contributed by atoms with Crippen LogP contribution < -0.4 is 5.32 Å². The van der Waals surface area contributed by atoms with E-state index in [4.69, 9.17) is 4.42 Å². The smallest absolute Gasteiger partial charge is 0.291 e. The molecular weight excluding hydrogens is 328 g/mol. The van der Waals surface area contributed by atoms with Crippen LogP contribution in [0.25, 0.3) is 0 Å². The lowest BCUT2D eigenvalue weighted by Gasteiger charge is -2.07. The van der Waals surface area contributed by atoms with Gasteiger partial charge in [0.1, 0.15) is 17.8 Å². The van der Waals surface area contributed by atoms with Crippen molar-refractivity contribution >= 4 is 27.4 Å². The molecule has 0 aliphatic rings. The molecule has 0 spiro atoms. The van der Waals surface area contributed by atoms with E-state index in [9.17, 15) is 10.1 Å². The third kappa shape index (κ3) is 2.79. The Kier molecular flexibility index (Phi) is 4.03. The van der Waals surface area contributed by atoms with Gasteiger partial charge < -0.3 is 9.73 Å². The van der Waals surface area contributed by atoms with E-state index in [0.717, 1.165) is 11.5 Å². The van der Waals surface area contributed by atoms with E-state index in [1.165, 1.54) is 6.20 Å². The second-order valence-corrected chi connectivity index (χ2v) is 5.08. The predicted octanol–water partition coefficient (Wildman–Crippen LogP) is 3.28. The van der Waals surface area contributed by atoms with E-state index >= 15 is 0 Å². The third-order valence-electron chi connectivity index (χ3n) is 2.91. The Balaban J connectivity index is 2.18. The Morgan fingerprint density at radius 1 is 1.45 bits per heavy atom. The van der Waals surface area contributed by atoms with Crippen molar-refractivity contribution in [3.63, 3.8) is 0 Å². The normalized spacial score (nSPS) is 10.6. The fourth-order valence-corrected chi connectivity index (χ4v) is 2.10. The number of oxazole rings is 1. The van der Waals surface area contributed by atoms with Gasteiger partial charge in [-0.3, -0.25) is 10.1 Å². The minimum absolute atomic E-state index is 0.0229. The molecule has 2 aromatic heterocycles. The van der Waals surface area contributed by atoms with Gasteiger partial charge in [-0.2, -0.15) is 0 Å². The first-order chi connectivity index (χ1) is 9.40. The van der Waals surface area contributed by atoms with Crippen LogP contribution in [-0.4, -0.2) is 14.9 Å². The molecule has 0 aliphatic heterocycles. The highest BCUT2D eigenvalue weighted by Gasteiger charge is 2.17. The molecule has 7 nitrogen and oxygen atoms in total. The van der Waals surface area contributed by atoms with Crippen molar-refractivity contribution in [1.82, 2.24) is 9.97 Å². The van der Waals surface area contributed by atoms with Crippen molar-refractivity contribution in [1.29, 1.82) is 0 Å². The number of aromatic nitrogens is 2. The summed E-state index contributed by atoms with van der Waals surface area (Å²) in [6.45, 7) is 5.73. The van der Waals surface area contributed by atoms with E-state index in [-0.39, 0.29) is 5.69 Å². The third-order valence-corrected chi connectivity index (χ3v) is 3.88. The maximum Gasteiger partial charge on any atom is 0.291 e. The Morgan fingerprint density at radius 2 is 2.15 bits per heavy atom. The van der Waals surface area contributed by atoms with Crippen molar-refractivity contribution in [2.45, 2.75) is 27.3 Å². The second kappa shape index (κ2) is 5.58. The minimum atomic E-state index is -0.461. The minimum Gasteiger partial charge on any atom is -0.444 e. The van der Waals surface area contributed by atoms with Crippen LogP contribution in [0.3, 0.4) is 0 Å². The monoisotopic (exact) mass is 340 g/mol. The van der Waals surface area contributed by atoms with Crippen LogP contribution in [0.5, 0.6) is 0 Å². The lowest BCUT2D eigenvalue weighted by Crippen LogP contribution is -2.04. The van der Waals surface area contributed by atoms with Gasteiger partial charge in [0.2, 0.25) is 5.89 Å². The highest BCUT2D eigenvalue weighted by Crippen LogP contribution is 2.30. The van der Waals surface area contributed by atoms with Crippen molar-refractivity contribution < 1.29 is 9.34 Å². The van der Waals surface area contributed by atoms with Crippen molar-refractivity contribution in [2.75, 3.05) is 5.32 Å². The van der Waals surface area contributed by atoms with Crippen molar-refractivity contribution in [3.05, 3.63) is 43.7 Å². The molecule has 0 unspecified atom stereocenters. The number of nitrogens with one attached hydrogen (secondary N) is 1. The van der Waals surface area contributed by atoms with E-state index in [2.05, 4.69) is 31.2 Å². The Bertz CT molecular complexity index is 649. The molecule has 0 amide bonds. The lowest BCUT2D eigenvalue weighted by molar-refractivity contribution is -0.385. The molecule has 0 saturated heterocycles. The topological polar surface area (TPSA) is 94.1 Å². The summed E-state index contributed by atoms with van der Waals surface area (Å²) in [5.74, 6) is 1.83. The maximum absolute atomic E-state index is 10.8. The molecule has 2 rings (SSSR count). The van der Waals surface area contributed by atoms with Crippen LogP contribution in [0, 0.1) is 30.9 Å². The highest BCUT2D eigenvalue weighted by atomic mass is 79.9. The average molecular weight is 341 g/mol. The number of anilines is 1. The summed E-state index contributed by atoms with van der Waals surface area (Å²) in [7, 11) is 0. The van der Waals surface area contributed by atoms with Crippen LogP contribution in [-0.2, 0) is 6.54 Å². The van der Waals surface area contributed by atoms with Gasteiger partial charge in [-0.25, -0.2) is 9.97 Å². The number of hydrogen-bond acceptors (Lipinski definition) is 6. The van der Waals surface area contributed by atoms with E-state index in [0.29, 0.717) is 28.3 Å². The first-order valence-electron chi connectivity index (χ1n) is 5.86. The van der Waals surface area contributed by atoms with Gasteiger partial charge in [0.05, 0.1) is 21.6 Å². The van der Waals surface area contributed by atoms with Gasteiger partial charge in [-0.1, -0.05) is 0 Å². The Morgan fingerprint density at radius 3 is 2.70 bits per heavy atom. The number of nitrogens with zero attached hydrogens (tertiary/aromatic N) is 3. The summed E-state index contributed by atoms with van der Waals surface area (Å²) in [6, 6.07) is 0. The number of aryl methyl sites for hydroxylation is 2. The zero-order valence-corrected chi connectivity index (χ0v) is 12.8. The molecule has 106 valence electrons. The number of halogens is 1. The first kappa shape index (κ1) is 14.4. The van der Waals surface area contributed by atoms with Crippen molar-refractivity contribution in [2.24, 2.45) is 0 Å². The molecule has 1 N–H and O–H groups in total. The molecule has 0 atom stereocenters. The van der Waals surface area contributed by atoms with E-state index < -0.39 is 4.92 Å². The Hall–Kier alpha value is -1.96. The van der Waals surface area contributed by atoms with Gasteiger partial charge in [0.15, 0.2) is 0 Å². The van der Waals surface area contributed by atoms with Gasteiger partial charge in [-0.15, -0.1) is 0 Å². The average Bonchev–Trinajstić information content (AvgIpc) is 2.70. The molecule has 0 radical (unpaired) electrons. The standard InChI is InChI=1S/C12H13BrN4O3/c1-6-9(17(18)19)4-14-12(11(6)13)15-5-10-16-7(2)8(3)20-10/h4H,5H2,1-3H3,(H,14,15). The van der Waals surface area contributed by atoms with Crippen molar-refractivity contribution in [3.8, 4) is 0 Å². The molecule has 0 aliphatic carbocycles. The fourth-order valence-electron chi connectivity index (χ4n) is 1.65. The molecule has 20 heavy (non-hydrogen) atoms. The molecular formula is C12H13BrN4O3. The molecule has 2 heterocycles. The zero-order chi connectivity index (χ0) is 14.9. The van der Waals surface area contributed by atoms with Crippen LogP contribution in [0.15, 0.2) is 15.1 Å². The van der Waals surface area contributed by atoms with Crippen LogP contribution in [0.4, 0.5) is 11.5 Å². The van der Waals surface area contributed by atoms with Gasteiger partial charge >= 0.3 is 0 Å². The van der Waals surface area contributed by atoms with Gasteiger partial charge in [0.25, 0.3) is 5.69 Å². The Labute approximate surface area is 123 Å². The predicted molar refractivity (Wildman–Crippen MR) is 76.6 cm³/mol. The zero-order valence-electron chi connectivity index (χ0n) is 11.2. The molecule has 0 saturated carbocycles. The summed E-state index contributed by atoms with van der Waals surface area (Å²) in [5.41, 5.74) is 1.34. The van der Waals surface area contributed by atoms with Gasteiger partial charge in [-0.05, 0) is 36.7 Å². The van der Waals surface area contributed by atoms with Crippen LogP contribution in [0.1, 0.15) is 22.9 Å². The SMILES string of the molecule is Cc1nc(CNc2ncc([N+](=O)[O-])c(C)c2Br)oc1C. The quantitative estimate of drug-likeness (QED) is 0.677. The summed E-state index contributed by atoms with van der Waals surface area (Å²) in [6.07, 6.45) is 1.23. The number of nitro groups is 1. The molecule has 2 aromatic rings. The summed E-state index contributed by atoms with van der Waals surface area (Å²) >= 11 is 3.31. The molecule has 8 heteroatoms. The van der Waals surface area contributed by atoms with Crippen LogP contribution >= 0.6 is 15.9 Å². The van der Waals surface area contributed by atoms with Crippen LogP contribution in [0.2, 0.25) is 0 Å². The largest absolute Gasteiger partial charge is 0.444 e. The number of hydrogen-bond donors (Lipinski definition) is 1. The first-order valence-corrected chi connectivity index (χ1v) is 6.65. The lowest BCUT2D eigenvalue weighted by atomic mass is 10.2.